The number of hydrogen-bond donors (Lipinski definition) is 1. The largest absolute Gasteiger partial charge is 0.380 e. The first-order valence-electron chi connectivity index (χ1n) is 7.06. The van der Waals surface area contributed by atoms with Crippen molar-refractivity contribution < 1.29 is 4.74 Å². The third kappa shape index (κ3) is 5.00. The van der Waals surface area contributed by atoms with E-state index in [1.807, 2.05) is 6.92 Å². The molecule has 1 aromatic rings. The second-order valence-corrected chi connectivity index (χ2v) is 5.14. The summed E-state index contributed by atoms with van der Waals surface area (Å²) in [6.07, 6.45) is 1.01. The highest BCUT2D eigenvalue weighted by atomic mass is 35.5. The molecule has 20 heavy (non-hydrogen) atoms. The molecule has 4 nitrogen and oxygen atoms in total. The van der Waals surface area contributed by atoms with Crippen LogP contribution in [0.15, 0.2) is 6.07 Å². The zero-order chi connectivity index (χ0) is 15.0. The lowest BCUT2D eigenvalue weighted by molar-refractivity contribution is 0.154. The normalized spacial score (nSPS) is 10.7. The number of anilines is 2. The fraction of sp³-hybridized carbons (Fsp3) is 0.643. The van der Waals surface area contributed by atoms with Crippen LogP contribution in [0.2, 0.25) is 10.0 Å². The molecule has 0 aliphatic heterocycles. The van der Waals surface area contributed by atoms with Gasteiger partial charge < -0.3 is 15.0 Å². The molecule has 1 heterocycles. The van der Waals surface area contributed by atoms with Crippen LogP contribution < -0.4 is 10.2 Å². The Morgan fingerprint density at radius 3 is 2.60 bits per heavy atom. The number of likely N-dealkylation sites (N-methyl/N-ethyl adjacent to an activating group) is 1. The summed E-state index contributed by atoms with van der Waals surface area (Å²) in [4.78, 5) is 6.64. The summed E-state index contributed by atoms with van der Waals surface area (Å²) in [6, 6.07) is 1.74. The topological polar surface area (TPSA) is 37.4 Å². The van der Waals surface area contributed by atoms with Crippen molar-refractivity contribution in [2.75, 3.05) is 43.1 Å². The van der Waals surface area contributed by atoms with Gasteiger partial charge in [-0.3, -0.25) is 0 Å². The lowest BCUT2D eigenvalue weighted by Crippen LogP contribution is -2.28. The second-order valence-electron chi connectivity index (χ2n) is 4.33. The zero-order valence-electron chi connectivity index (χ0n) is 12.4. The third-order valence-electron chi connectivity index (χ3n) is 2.84. The maximum Gasteiger partial charge on any atom is 0.150 e. The monoisotopic (exact) mass is 319 g/mol. The molecule has 0 saturated heterocycles. The van der Waals surface area contributed by atoms with E-state index >= 15 is 0 Å². The van der Waals surface area contributed by atoms with Gasteiger partial charge in [0.2, 0.25) is 0 Å². The molecule has 114 valence electrons. The number of ether oxygens (including phenoxy) is 1. The Morgan fingerprint density at radius 1 is 1.25 bits per heavy atom. The highest BCUT2D eigenvalue weighted by Gasteiger charge is 2.14. The highest BCUT2D eigenvalue weighted by molar-refractivity contribution is 6.37. The van der Waals surface area contributed by atoms with E-state index < -0.39 is 0 Å². The average Bonchev–Trinajstić information content (AvgIpc) is 2.43. The molecule has 0 amide bonds. The van der Waals surface area contributed by atoms with Crippen molar-refractivity contribution >= 4 is 34.8 Å². The zero-order valence-corrected chi connectivity index (χ0v) is 13.9. The van der Waals surface area contributed by atoms with Gasteiger partial charge in [-0.2, -0.15) is 0 Å². The Hall–Kier alpha value is -0.710. The first-order valence-corrected chi connectivity index (χ1v) is 7.82. The molecule has 6 heteroatoms. The number of nitrogens with one attached hydrogen (secondary N) is 1. The van der Waals surface area contributed by atoms with Gasteiger partial charge in [0.25, 0.3) is 0 Å². The fourth-order valence-corrected chi connectivity index (χ4v) is 2.32. The van der Waals surface area contributed by atoms with Crippen molar-refractivity contribution in [1.29, 1.82) is 0 Å². The van der Waals surface area contributed by atoms with E-state index in [2.05, 4.69) is 29.0 Å². The first-order chi connectivity index (χ1) is 9.63. The number of halogens is 2. The predicted octanol–water partition coefficient (Wildman–Crippen LogP) is 4.07. The Morgan fingerprint density at radius 2 is 2.00 bits per heavy atom. The van der Waals surface area contributed by atoms with Crippen LogP contribution in [0.1, 0.15) is 27.2 Å². The summed E-state index contributed by atoms with van der Waals surface area (Å²) in [6.45, 7) is 9.91. The lowest BCUT2D eigenvalue weighted by Gasteiger charge is -2.24. The van der Waals surface area contributed by atoms with Gasteiger partial charge in [-0.15, -0.1) is 0 Å². The van der Waals surface area contributed by atoms with Gasteiger partial charge in [0.05, 0.1) is 16.7 Å². The molecule has 0 saturated carbocycles. The molecule has 0 aliphatic rings. The summed E-state index contributed by atoms with van der Waals surface area (Å²) in [5.74, 6) is 1.43. The molecular formula is C14H23Cl2N3O. The van der Waals surface area contributed by atoms with E-state index in [0.29, 0.717) is 29.1 Å². The van der Waals surface area contributed by atoms with E-state index in [4.69, 9.17) is 27.9 Å². The van der Waals surface area contributed by atoms with Crippen LogP contribution in [0.3, 0.4) is 0 Å². The fourth-order valence-electron chi connectivity index (χ4n) is 1.78. The van der Waals surface area contributed by atoms with Crippen LogP contribution in [0.4, 0.5) is 11.6 Å². The van der Waals surface area contributed by atoms with Crippen LogP contribution in [0.5, 0.6) is 0 Å². The highest BCUT2D eigenvalue weighted by Crippen LogP contribution is 2.31. The minimum absolute atomic E-state index is 0.549. The quantitative estimate of drug-likeness (QED) is 0.696. The van der Waals surface area contributed by atoms with Gasteiger partial charge >= 0.3 is 0 Å². The van der Waals surface area contributed by atoms with Crippen molar-refractivity contribution in [2.24, 2.45) is 0 Å². The Bertz CT molecular complexity index is 416. The summed E-state index contributed by atoms with van der Waals surface area (Å²) in [5, 5.41) is 4.33. The van der Waals surface area contributed by atoms with Crippen LogP contribution in [0.25, 0.3) is 0 Å². The number of rotatable bonds is 9. The minimum atomic E-state index is 0.549. The van der Waals surface area contributed by atoms with Gasteiger partial charge in [-0.1, -0.05) is 30.1 Å². The van der Waals surface area contributed by atoms with E-state index in [9.17, 15) is 0 Å². The molecule has 0 radical (unpaired) electrons. The standard InChI is InChI=1S/C14H23Cl2N3O/c1-4-7-17-13-11(15)10-12(16)14(18-13)19(5-2)8-9-20-6-3/h10H,4-9H2,1-3H3,(H,17,18). The number of nitrogens with zero attached hydrogens (tertiary/aromatic N) is 2. The molecule has 1 rings (SSSR count). The van der Waals surface area contributed by atoms with Crippen molar-refractivity contribution in [3.8, 4) is 0 Å². The van der Waals surface area contributed by atoms with E-state index in [1.54, 1.807) is 6.07 Å². The average molecular weight is 320 g/mol. The molecular weight excluding hydrogens is 297 g/mol. The Kier molecular flexibility index (Phi) is 8.04. The molecule has 0 unspecified atom stereocenters. The molecule has 0 aromatic carbocycles. The maximum absolute atomic E-state index is 6.26. The summed E-state index contributed by atoms with van der Waals surface area (Å²) in [7, 11) is 0. The van der Waals surface area contributed by atoms with Gasteiger partial charge in [-0.05, 0) is 26.3 Å². The second kappa shape index (κ2) is 9.27. The SMILES string of the molecule is CCCNc1nc(N(CC)CCOCC)c(Cl)cc1Cl. The summed E-state index contributed by atoms with van der Waals surface area (Å²) in [5.41, 5.74) is 0. The van der Waals surface area contributed by atoms with Crippen molar-refractivity contribution in [2.45, 2.75) is 27.2 Å². The molecule has 1 N–H and O–H groups in total. The van der Waals surface area contributed by atoms with E-state index in [0.717, 1.165) is 31.9 Å². The van der Waals surface area contributed by atoms with E-state index in [1.165, 1.54) is 0 Å². The minimum Gasteiger partial charge on any atom is -0.380 e. The number of aromatic nitrogens is 1. The maximum atomic E-state index is 6.26. The molecule has 0 aliphatic carbocycles. The first kappa shape index (κ1) is 17.3. The summed E-state index contributed by atoms with van der Waals surface area (Å²) >= 11 is 12.4. The van der Waals surface area contributed by atoms with Crippen LogP contribution in [-0.2, 0) is 4.74 Å². The van der Waals surface area contributed by atoms with Crippen LogP contribution in [0, 0.1) is 0 Å². The van der Waals surface area contributed by atoms with Crippen LogP contribution in [-0.4, -0.2) is 37.8 Å². The molecule has 1 aromatic heterocycles. The lowest BCUT2D eigenvalue weighted by atomic mass is 10.3. The number of pyridine rings is 1. The van der Waals surface area contributed by atoms with Gasteiger partial charge in [0.15, 0.2) is 0 Å². The van der Waals surface area contributed by atoms with Crippen molar-refractivity contribution in [3.05, 3.63) is 16.1 Å². The van der Waals surface area contributed by atoms with Gasteiger partial charge in [-0.25, -0.2) is 4.98 Å². The van der Waals surface area contributed by atoms with Gasteiger partial charge in [0.1, 0.15) is 11.6 Å². The Labute approximate surface area is 131 Å². The molecule has 0 spiro atoms. The molecule has 0 fully saturated rings. The number of hydrogen-bond acceptors (Lipinski definition) is 4. The summed E-state index contributed by atoms with van der Waals surface area (Å²) < 4.78 is 5.39. The third-order valence-corrected chi connectivity index (χ3v) is 3.41. The van der Waals surface area contributed by atoms with Gasteiger partial charge in [0, 0.05) is 26.2 Å². The van der Waals surface area contributed by atoms with Crippen molar-refractivity contribution in [3.63, 3.8) is 0 Å². The van der Waals surface area contributed by atoms with E-state index in [-0.39, 0.29) is 0 Å². The van der Waals surface area contributed by atoms with Crippen LogP contribution >= 0.6 is 23.2 Å². The van der Waals surface area contributed by atoms with Crippen molar-refractivity contribution in [1.82, 2.24) is 4.98 Å². The Balaban J connectivity index is 2.89. The smallest absolute Gasteiger partial charge is 0.150 e. The predicted molar refractivity (Wildman–Crippen MR) is 87.4 cm³/mol. The molecule has 0 atom stereocenters. The molecule has 0 bridgehead atoms.